The fraction of sp³-hybridized carbons (Fsp3) is 0.286. The Morgan fingerprint density at radius 3 is 2.68 bits per heavy atom. The first kappa shape index (κ1) is 23.8. The summed E-state index contributed by atoms with van der Waals surface area (Å²) in [5, 5.41) is 27.0. The van der Waals surface area contributed by atoms with Crippen LogP contribution in [0.15, 0.2) is 53.2 Å². The Morgan fingerprint density at radius 2 is 1.95 bits per heavy atom. The number of nitrogens with zero attached hydrogens (tertiary/aromatic N) is 3. The molecule has 0 aliphatic heterocycles. The van der Waals surface area contributed by atoms with Crippen LogP contribution in [0.1, 0.15) is 65.8 Å². The number of aromatic hydroxyl groups is 1. The zero-order valence-corrected chi connectivity index (χ0v) is 20.8. The van der Waals surface area contributed by atoms with Crippen LogP contribution in [-0.2, 0) is 4.79 Å². The summed E-state index contributed by atoms with van der Waals surface area (Å²) in [5.74, 6) is -0.507. The van der Waals surface area contributed by atoms with E-state index in [9.17, 15) is 19.8 Å². The molecule has 3 heterocycles. The number of carboxylic acids is 1. The van der Waals surface area contributed by atoms with E-state index in [1.807, 2.05) is 19.1 Å². The van der Waals surface area contributed by atoms with Crippen LogP contribution < -0.4 is 5.32 Å². The van der Waals surface area contributed by atoms with Gasteiger partial charge in [0.25, 0.3) is 5.91 Å². The number of carbonyl (C=O) groups excluding carboxylic acids is 1. The molecule has 1 fully saturated rings. The molecule has 1 aliphatic rings. The van der Waals surface area contributed by atoms with Crippen molar-refractivity contribution in [2.45, 2.75) is 51.1 Å². The number of carbonyl (C=O) groups is 2. The number of hydrogen-bond acceptors (Lipinski definition) is 6. The zero-order valence-electron chi connectivity index (χ0n) is 20.8. The van der Waals surface area contributed by atoms with Crippen LogP contribution in [0, 0.1) is 6.92 Å². The van der Waals surface area contributed by atoms with Crippen molar-refractivity contribution in [1.29, 1.82) is 0 Å². The average Bonchev–Trinajstić information content (AvgIpc) is 3.63. The number of nitrogens with one attached hydrogen (secondary N) is 2. The van der Waals surface area contributed by atoms with E-state index in [0.717, 1.165) is 36.9 Å². The quantitative estimate of drug-likeness (QED) is 0.243. The molecular formula is C28H27N5O5. The van der Waals surface area contributed by atoms with Crippen LogP contribution in [0.5, 0.6) is 5.75 Å². The smallest absolute Gasteiger partial charge is 0.331 e. The molecule has 4 N–H and O–H groups in total. The number of H-pyrrole nitrogens is 1. The Bertz CT molecular complexity index is 1670. The zero-order chi connectivity index (χ0) is 26.4. The van der Waals surface area contributed by atoms with Gasteiger partial charge in [-0.1, -0.05) is 24.4 Å². The number of aromatic nitrogens is 4. The Kier molecular flexibility index (Phi) is 5.86. The van der Waals surface area contributed by atoms with Crippen LogP contribution in [0.25, 0.3) is 33.5 Å². The topological polar surface area (TPSA) is 146 Å². The van der Waals surface area contributed by atoms with Crippen LogP contribution in [-0.4, -0.2) is 41.8 Å². The van der Waals surface area contributed by atoms with Gasteiger partial charge in [0.05, 0.1) is 16.7 Å². The van der Waals surface area contributed by atoms with E-state index in [1.165, 1.54) is 24.8 Å². The van der Waals surface area contributed by atoms with Gasteiger partial charge in [-0.05, 0) is 56.2 Å². The second-order valence-corrected chi connectivity index (χ2v) is 9.85. The Labute approximate surface area is 217 Å². The lowest BCUT2D eigenvalue weighted by Crippen LogP contribution is -2.33. The summed E-state index contributed by atoms with van der Waals surface area (Å²) in [5.41, 5.74) is 3.56. The highest BCUT2D eigenvalue weighted by Crippen LogP contribution is 2.36. The summed E-state index contributed by atoms with van der Waals surface area (Å²) in [6, 6.07) is 10.7. The number of imidazole rings is 1. The summed E-state index contributed by atoms with van der Waals surface area (Å²) in [6.07, 6.45) is 7.10. The number of hydrogen-bond donors (Lipinski definition) is 4. The maximum atomic E-state index is 13.3. The lowest BCUT2D eigenvalue weighted by molar-refractivity contribution is -0.139. The predicted molar refractivity (Wildman–Crippen MR) is 140 cm³/mol. The normalized spacial score (nSPS) is 15.2. The first-order chi connectivity index (χ1) is 18.4. The van der Waals surface area contributed by atoms with Gasteiger partial charge in [-0.25, -0.2) is 9.78 Å². The molecule has 1 amide bonds. The van der Waals surface area contributed by atoms with Crippen LogP contribution in [0.4, 0.5) is 0 Å². The first-order valence-corrected chi connectivity index (χ1v) is 12.7. The molecule has 0 saturated heterocycles. The number of fused-ring (bicyclic) bond motifs is 2. The van der Waals surface area contributed by atoms with Crippen molar-refractivity contribution in [3.8, 4) is 17.3 Å². The Hall–Kier alpha value is -4.60. The summed E-state index contributed by atoms with van der Waals surface area (Å²) < 4.78 is 7.74. The number of aromatic amines is 1. The van der Waals surface area contributed by atoms with E-state index in [4.69, 9.17) is 9.51 Å². The van der Waals surface area contributed by atoms with Crippen LogP contribution in [0.3, 0.4) is 0 Å². The van der Waals surface area contributed by atoms with Gasteiger partial charge in [-0.15, -0.1) is 0 Å². The molecule has 0 bridgehead atoms. The number of aliphatic carboxylic acids is 1. The van der Waals surface area contributed by atoms with E-state index >= 15 is 0 Å². The molecule has 194 valence electrons. The second kappa shape index (κ2) is 9.37. The number of benzene rings is 2. The van der Waals surface area contributed by atoms with E-state index in [2.05, 4.69) is 20.0 Å². The third-order valence-electron chi connectivity index (χ3n) is 7.27. The molecule has 38 heavy (non-hydrogen) atoms. The van der Waals surface area contributed by atoms with Gasteiger partial charge in [0.2, 0.25) is 5.76 Å². The minimum atomic E-state index is -1.32. The number of aryl methyl sites for hydroxylation is 1. The highest BCUT2D eigenvalue weighted by Gasteiger charge is 2.28. The molecule has 0 spiro atoms. The highest BCUT2D eigenvalue weighted by molar-refractivity contribution is 6.01. The highest BCUT2D eigenvalue weighted by atomic mass is 16.5. The minimum Gasteiger partial charge on any atom is -0.508 e. The molecule has 10 heteroatoms. The van der Waals surface area contributed by atoms with Gasteiger partial charge in [-0.3, -0.25) is 4.79 Å². The molecule has 1 aliphatic carbocycles. The summed E-state index contributed by atoms with van der Waals surface area (Å²) in [6.45, 7) is 1.86. The molecule has 1 atom stereocenters. The van der Waals surface area contributed by atoms with Crippen LogP contribution in [0.2, 0.25) is 0 Å². The standard InChI is InChI=1S/C28H27N5O5/c1-15-11-24(38-32-15)26-30-22-12-16(7-10-23(22)33(26)17-5-3-2-4-6-17)27(35)31-25(28(36)37)20-14-29-21-9-8-18(34)13-19(20)21/h7-14,17,25,29,34H,2-6H2,1H3,(H,31,35)(H,36,37)/t25-/m0/s1. The van der Waals surface area contributed by atoms with Crippen molar-refractivity contribution in [2.75, 3.05) is 0 Å². The lowest BCUT2D eigenvalue weighted by Gasteiger charge is -2.25. The van der Waals surface area contributed by atoms with Gasteiger partial charge >= 0.3 is 5.97 Å². The van der Waals surface area contributed by atoms with Crippen molar-refractivity contribution >= 4 is 33.8 Å². The fourth-order valence-electron chi connectivity index (χ4n) is 5.45. The number of phenolic OH excluding ortho intramolecular Hbond substituents is 1. The van der Waals surface area contributed by atoms with Gasteiger partial charge in [0.15, 0.2) is 11.9 Å². The van der Waals surface area contributed by atoms with Crippen molar-refractivity contribution < 1.29 is 24.3 Å². The molecule has 5 aromatic rings. The molecule has 10 nitrogen and oxygen atoms in total. The molecule has 1 saturated carbocycles. The van der Waals surface area contributed by atoms with Gasteiger partial charge in [0, 0.05) is 40.3 Å². The maximum Gasteiger partial charge on any atom is 0.331 e. The lowest BCUT2D eigenvalue weighted by atomic mass is 9.95. The number of rotatable bonds is 6. The third kappa shape index (κ3) is 4.17. The van der Waals surface area contributed by atoms with E-state index in [0.29, 0.717) is 39.1 Å². The third-order valence-corrected chi connectivity index (χ3v) is 7.27. The fourth-order valence-corrected chi connectivity index (χ4v) is 5.45. The maximum absolute atomic E-state index is 13.3. The average molecular weight is 514 g/mol. The molecular weight excluding hydrogens is 486 g/mol. The molecule has 6 rings (SSSR count). The largest absolute Gasteiger partial charge is 0.508 e. The van der Waals surface area contributed by atoms with Crippen LogP contribution >= 0.6 is 0 Å². The minimum absolute atomic E-state index is 0.00516. The summed E-state index contributed by atoms with van der Waals surface area (Å²) in [7, 11) is 0. The number of amides is 1. The first-order valence-electron chi connectivity index (χ1n) is 12.7. The number of phenols is 1. The summed E-state index contributed by atoms with van der Waals surface area (Å²) >= 11 is 0. The van der Waals surface area contributed by atoms with Gasteiger partial charge in [-0.2, -0.15) is 0 Å². The Morgan fingerprint density at radius 1 is 1.13 bits per heavy atom. The predicted octanol–water partition coefficient (Wildman–Crippen LogP) is 5.25. The van der Waals surface area contributed by atoms with Crippen molar-refractivity contribution in [3.63, 3.8) is 0 Å². The molecule has 0 unspecified atom stereocenters. The monoisotopic (exact) mass is 513 g/mol. The van der Waals surface area contributed by atoms with Crippen molar-refractivity contribution in [3.05, 3.63) is 65.5 Å². The van der Waals surface area contributed by atoms with Gasteiger partial charge in [0.1, 0.15) is 5.75 Å². The van der Waals surface area contributed by atoms with Gasteiger partial charge < -0.3 is 29.6 Å². The SMILES string of the molecule is Cc1cc(-c2nc3cc(C(=O)N[C@H](C(=O)O)c4c[nH]c5ccc(O)cc45)ccc3n2C2CCCCC2)on1. The Balaban J connectivity index is 1.36. The van der Waals surface area contributed by atoms with Crippen molar-refractivity contribution in [2.24, 2.45) is 0 Å². The van der Waals surface area contributed by atoms with E-state index in [-0.39, 0.29) is 11.8 Å². The van der Waals surface area contributed by atoms with E-state index in [1.54, 1.807) is 18.2 Å². The molecule has 3 aromatic heterocycles. The second-order valence-electron chi connectivity index (χ2n) is 9.85. The molecule has 2 aromatic carbocycles. The van der Waals surface area contributed by atoms with Crippen molar-refractivity contribution in [1.82, 2.24) is 25.0 Å². The summed E-state index contributed by atoms with van der Waals surface area (Å²) in [4.78, 5) is 33.3. The van der Waals surface area contributed by atoms with E-state index < -0.39 is 17.9 Å². The number of carboxylic acid groups (broad SMARTS) is 1. The molecule has 0 radical (unpaired) electrons.